The fraction of sp³-hybridized carbons (Fsp3) is 0.316. The van der Waals surface area contributed by atoms with E-state index in [1.54, 1.807) is 11.8 Å². The molecule has 1 aliphatic carbocycles. The molecular formula is C19H20FNOS. The van der Waals surface area contributed by atoms with E-state index >= 15 is 0 Å². The standard InChI is InChI=1S/C19H20FNOS/c1-23-17-5-3-2-4-16(17)18(22)21-13-19(10-11-19)12-14-6-8-15(20)9-7-14/h2-9H,10-13H2,1H3,(H,21,22). The lowest BCUT2D eigenvalue weighted by Gasteiger charge is -2.17. The fourth-order valence-electron chi connectivity index (χ4n) is 2.82. The molecule has 0 saturated heterocycles. The van der Waals surface area contributed by atoms with Crippen molar-refractivity contribution < 1.29 is 9.18 Å². The third-order valence-corrected chi connectivity index (χ3v) is 5.22. The predicted octanol–water partition coefficient (Wildman–Crippen LogP) is 4.30. The average molecular weight is 329 g/mol. The minimum Gasteiger partial charge on any atom is -0.351 e. The van der Waals surface area contributed by atoms with E-state index in [4.69, 9.17) is 0 Å². The molecule has 1 aliphatic rings. The molecule has 0 heterocycles. The van der Waals surface area contributed by atoms with E-state index in [1.807, 2.05) is 42.7 Å². The van der Waals surface area contributed by atoms with Gasteiger partial charge in [0, 0.05) is 11.4 Å². The summed E-state index contributed by atoms with van der Waals surface area (Å²) in [6, 6.07) is 14.3. The summed E-state index contributed by atoms with van der Waals surface area (Å²) in [4.78, 5) is 13.4. The van der Waals surface area contributed by atoms with Gasteiger partial charge in [-0.3, -0.25) is 4.79 Å². The Morgan fingerprint density at radius 2 is 1.87 bits per heavy atom. The molecule has 1 amide bonds. The summed E-state index contributed by atoms with van der Waals surface area (Å²) in [7, 11) is 0. The van der Waals surface area contributed by atoms with E-state index in [2.05, 4.69) is 5.32 Å². The predicted molar refractivity (Wildman–Crippen MR) is 92.3 cm³/mol. The topological polar surface area (TPSA) is 29.1 Å². The van der Waals surface area contributed by atoms with Crippen molar-refractivity contribution in [2.75, 3.05) is 12.8 Å². The number of thioether (sulfide) groups is 1. The first-order valence-electron chi connectivity index (χ1n) is 7.78. The second-order valence-electron chi connectivity index (χ2n) is 6.19. The van der Waals surface area contributed by atoms with Crippen molar-refractivity contribution in [1.82, 2.24) is 5.32 Å². The highest BCUT2D eigenvalue weighted by molar-refractivity contribution is 7.98. The van der Waals surface area contributed by atoms with Gasteiger partial charge in [-0.1, -0.05) is 24.3 Å². The second kappa shape index (κ2) is 6.75. The van der Waals surface area contributed by atoms with Gasteiger partial charge in [0.25, 0.3) is 5.91 Å². The highest BCUT2D eigenvalue weighted by atomic mass is 32.2. The molecule has 0 aromatic heterocycles. The zero-order valence-corrected chi connectivity index (χ0v) is 14.0. The van der Waals surface area contributed by atoms with E-state index in [9.17, 15) is 9.18 Å². The molecule has 1 N–H and O–H groups in total. The number of halogens is 1. The molecule has 0 radical (unpaired) electrons. The summed E-state index contributed by atoms with van der Waals surface area (Å²) in [6.45, 7) is 0.673. The molecule has 4 heteroatoms. The average Bonchev–Trinajstić information content (AvgIpc) is 3.35. The third-order valence-electron chi connectivity index (χ3n) is 4.43. The first-order chi connectivity index (χ1) is 11.1. The lowest BCUT2D eigenvalue weighted by Crippen LogP contribution is -2.31. The molecule has 1 fully saturated rings. The molecule has 0 aliphatic heterocycles. The van der Waals surface area contributed by atoms with Crippen molar-refractivity contribution >= 4 is 17.7 Å². The van der Waals surface area contributed by atoms with Gasteiger partial charge >= 0.3 is 0 Å². The van der Waals surface area contributed by atoms with Crippen LogP contribution in [-0.2, 0) is 6.42 Å². The van der Waals surface area contributed by atoms with Gasteiger partial charge in [0.15, 0.2) is 0 Å². The van der Waals surface area contributed by atoms with Gasteiger partial charge in [-0.25, -0.2) is 4.39 Å². The summed E-state index contributed by atoms with van der Waals surface area (Å²) in [5, 5.41) is 3.08. The number of rotatable bonds is 6. The molecule has 2 aromatic rings. The van der Waals surface area contributed by atoms with Crippen LogP contribution in [0, 0.1) is 11.2 Å². The third kappa shape index (κ3) is 3.94. The van der Waals surface area contributed by atoms with E-state index in [0.717, 1.165) is 35.3 Å². The minimum atomic E-state index is -0.208. The molecule has 120 valence electrons. The maximum Gasteiger partial charge on any atom is 0.252 e. The van der Waals surface area contributed by atoms with Crippen LogP contribution >= 0.6 is 11.8 Å². The molecule has 3 rings (SSSR count). The van der Waals surface area contributed by atoms with Gasteiger partial charge in [0.1, 0.15) is 5.82 Å². The van der Waals surface area contributed by atoms with Gasteiger partial charge in [-0.2, -0.15) is 0 Å². The first-order valence-corrected chi connectivity index (χ1v) is 9.00. The Morgan fingerprint density at radius 1 is 1.17 bits per heavy atom. The van der Waals surface area contributed by atoms with Crippen LogP contribution in [0.25, 0.3) is 0 Å². The number of nitrogens with one attached hydrogen (secondary N) is 1. The molecule has 2 nitrogen and oxygen atoms in total. The number of carbonyl (C=O) groups is 1. The summed E-state index contributed by atoms with van der Waals surface area (Å²) < 4.78 is 13.0. The monoisotopic (exact) mass is 329 g/mol. The smallest absolute Gasteiger partial charge is 0.252 e. The van der Waals surface area contributed by atoms with Crippen molar-refractivity contribution in [2.24, 2.45) is 5.41 Å². The van der Waals surface area contributed by atoms with Crippen molar-refractivity contribution in [1.29, 1.82) is 0 Å². The van der Waals surface area contributed by atoms with Crippen LogP contribution in [0.2, 0.25) is 0 Å². The number of amides is 1. The Hall–Kier alpha value is -1.81. The quantitative estimate of drug-likeness (QED) is 0.801. The maximum atomic E-state index is 13.0. The van der Waals surface area contributed by atoms with E-state index in [-0.39, 0.29) is 17.1 Å². The summed E-state index contributed by atoms with van der Waals surface area (Å²) >= 11 is 1.58. The van der Waals surface area contributed by atoms with Crippen LogP contribution in [0.3, 0.4) is 0 Å². The molecule has 0 bridgehead atoms. The first kappa shape index (κ1) is 16.1. The lowest BCUT2D eigenvalue weighted by atomic mass is 9.96. The number of hydrogen-bond acceptors (Lipinski definition) is 2. The molecule has 0 spiro atoms. The van der Waals surface area contributed by atoms with E-state index in [1.165, 1.54) is 12.1 Å². The van der Waals surface area contributed by atoms with Crippen LogP contribution in [0.1, 0.15) is 28.8 Å². The minimum absolute atomic E-state index is 0.0136. The van der Waals surface area contributed by atoms with Crippen molar-refractivity contribution in [3.05, 3.63) is 65.5 Å². The Bertz CT molecular complexity index is 695. The van der Waals surface area contributed by atoms with E-state index in [0.29, 0.717) is 6.54 Å². The Morgan fingerprint density at radius 3 is 2.52 bits per heavy atom. The number of carbonyl (C=O) groups excluding carboxylic acids is 1. The van der Waals surface area contributed by atoms with Crippen molar-refractivity contribution in [3.63, 3.8) is 0 Å². The number of hydrogen-bond donors (Lipinski definition) is 1. The highest BCUT2D eigenvalue weighted by Gasteiger charge is 2.42. The second-order valence-corrected chi connectivity index (χ2v) is 7.03. The van der Waals surface area contributed by atoms with Gasteiger partial charge < -0.3 is 5.32 Å². The number of benzene rings is 2. The van der Waals surface area contributed by atoms with E-state index < -0.39 is 0 Å². The van der Waals surface area contributed by atoms with Crippen LogP contribution in [0.5, 0.6) is 0 Å². The SMILES string of the molecule is CSc1ccccc1C(=O)NCC1(Cc2ccc(F)cc2)CC1. The van der Waals surface area contributed by atoms with Crippen LogP contribution < -0.4 is 5.32 Å². The molecular weight excluding hydrogens is 309 g/mol. The largest absolute Gasteiger partial charge is 0.351 e. The van der Waals surface area contributed by atoms with Crippen LogP contribution in [-0.4, -0.2) is 18.7 Å². The van der Waals surface area contributed by atoms with Gasteiger partial charge in [0.05, 0.1) is 5.56 Å². The van der Waals surface area contributed by atoms with Crippen molar-refractivity contribution in [3.8, 4) is 0 Å². The highest BCUT2D eigenvalue weighted by Crippen LogP contribution is 2.47. The molecule has 1 saturated carbocycles. The normalized spacial score (nSPS) is 15.2. The molecule has 0 atom stereocenters. The lowest BCUT2D eigenvalue weighted by molar-refractivity contribution is 0.0941. The van der Waals surface area contributed by atoms with Gasteiger partial charge in [-0.05, 0) is 60.8 Å². The van der Waals surface area contributed by atoms with Crippen LogP contribution in [0.15, 0.2) is 53.4 Å². The molecule has 2 aromatic carbocycles. The van der Waals surface area contributed by atoms with Crippen LogP contribution in [0.4, 0.5) is 4.39 Å². The zero-order valence-electron chi connectivity index (χ0n) is 13.1. The summed E-state index contributed by atoms with van der Waals surface area (Å²) in [6.07, 6.45) is 5.07. The Balaban J connectivity index is 1.61. The zero-order chi connectivity index (χ0) is 16.3. The fourth-order valence-corrected chi connectivity index (χ4v) is 3.42. The van der Waals surface area contributed by atoms with Gasteiger partial charge in [0.2, 0.25) is 0 Å². The van der Waals surface area contributed by atoms with Crippen molar-refractivity contribution in [2.45, 2.75) is 24.2 Å². The maximum absolute atomic E-state index is 13.0. The Labute approximate surface area is 140 Å². The summed E-state index contributed by atoms with van der Waals surface area (Å²) in [5.74, 6) is -0.221. The molecule has 23 heavy (non-hydrogen) atoms. The molecule has 0 unspecified atom stereocenters. The van der Waals surface area contributed by atoms with Gasteiger partial charge in [-0.15, -0.1) is 11.8 Å². The Kier molecular flexibility index (Phi) is 4.71. The summed E-state index contributed by atoms with van der Waals surface area (Å²) in [5.41, 5.74) is 2.00.